The van der Waals surface area contributed by atoms with Crippen molar-refractivity contribution in [1.82, 2.24) is 39.0 Å². The van der Waals surface area contributed by atoms with E-state index in [2.05, 4.69) is 29.9 Å². The Balaban J connectivity index is 1.20. The smallest absolute Gasteiger partial charge is 0.388 e. The summed E-state index contributed by atoms with van der Waals surface area (Å²) in [7, 11) is 0.881. The summed E-state index contributed by atoms with van der Waals surface area (Å²) in [6.07, 6.45) is -7.33. The zero-order valence-corrected chi connectivity index (χ0v) is 25.9. The van der Waals surface area contributed by atoms with Crippen LogP contribution in [0.2, 0.25) is 0 Å². The summed E-state index contributed by atoms with van der Waals surface area (Å²) >= 11 is 0. The van der Waals surface area contributed by atoms with Gasteiger partial charge in [0.2, 0.25) is 5.95 Å². The fourth-order valence-corrected chi connectivity index (χ4v) is 6.69. The molecule has 9 unspecified atom stereocenters. The van der Waals surface area contributed by atoms with Gasteiger partial charge in [0.1, 0.15) is 50.2 Å². The van der Waals surface area contributed by atoms with Gasteiger partial charge in [0, 0.05) is 13.6 Å². The van der Waals surface area contributed by atoms with Crippen LogP contribution in [0.25, 0.3) is 22.3 Å². The lowest BCUT2D eigenvalue weighted by Crippen LogP contribution is -2.37. The van der Waals surface area contributed by atoms with Gasteiger partial charge in [-0.2, -0.15) is 4.98 Å². The lowest BCUT2D eigenvalue weighted by Gasteiger charge is -2.24. The summed E-state index contributed by atoms with van der Waals surface area (Å²) < 4.78 is 81.5. The van der Waals surface area contributed by atoms with Crippen LogP contribution in [0.15, 0.2) is 23.8 Å². The number of anilines is 2. The van der Waals surface area contributed by atoms with Gasteiger partial charge in [-0.05, 0) is 0 Å². The van der Waals surface area contributed by atoms with E-state index in [0.717, 1.165) is 6.33 Å². The fraction of sp³-hybridized carbons (Fsp3) is 0.545. The number of alkyl halides is 1. The topological polar surface area (TPSA) is 278 Å². The quantitative estimate of drug-likeness (QED) is 0.101. The number of nitrogens with two attached hydrogens (primary N) is 2. The maximum Gasteiger partial charge on any atom is 0.472 e. The number of phosphoric ester groups is 1. The number of rotatable bonds is 13. The monoisotopic (exact) mass is 698 g/mol. The van der Waals surface area contributed by atoms with Crippen molar-refractivity contribution in [3.8, 4) is 0 Å². The molecule has 25 heteroatoms. The molecule has 4 aromatic heterocycles. The van der Waals surface area contributed by atoms with E-state index in [1.165, 1.54) is 28.9 Å². The van der Waals surface area contributed by atoms with E-state index in [1.807, 2.05) is 0 Å². The summed E-state index contributed by atoms with van der Waals surface area (Å²) in [4.78, 5) is 45.4. The first-order valence-corrected chi connectivity index (χ1v) is 15.8. The van der Waals surface area contributed by atoms with Gasteiger partial charge in [0.25, 0.3) is 5.56 Å². The molecular weight excluding hydrogens is 672 g/mol. The summed E-state index contributed by atoms with van der Waals surface area (Å²) in [6.45, 7) is -1.23. The number of ether oxygens (including phenoxy) is 4. The number of phosphoric acid groups is 1. The maximum absolute atomic E-state index is 16.0. The molecule has 2 saturated heterocycles. The van der Waals surface area contributed by atoms with Crippen molar-refractivity contribution in [1.29, 1.82) is 0 Å². The molecule has 2 radical (unpaired) electrons. The zero-order chi connectivity index (χ0) is 33.5. The number of H-pyrrole nitrogens is 1. The van der Waals surface area contributed by atoms with Gasteiger partial charge in [0.05, 0.1) is 25.9 Å². The first-order chi connectivity index (χ1) is 22.6. The number of imidazole rings is 2. The van der Waals surface area contributed by atoms with Crippen molar-refractivity contribution in [3.63, 3.8) is 0 Å². The van der Waals surface area contributed by atoms with Gasteiger partial charge in [-0.15, -0.1) is 0 Å². The summed E-state index contributed by atoms with van der Waals surface area (Å²) in [6, 6.07) is 0. The van der Waals surface area contributed by atoms with Crippen molar-refractivity contribution in [2.45, 2.75) is 49.1 Å². The average molecular weight is 698 g/mol. The molecule has 6 rings (SSSR count). The molecule has 21 nitrogen and oxygen atoms in total. The van der Waals surface area contributed by atoms with Crippen molar-refractivity contribution in [2.24, 2.45) is 0 Å². The molecule has 0 bridgehead atoms. The van der Waals surface area contributed by atoms with Crippen LogP contribution in [0, 0.1) is 0 Å². The molecule has 250 valence electrons. The average Bonchev–Trinajstić information content (AvgIpc) is 3.80. The van der Waals surface area contributed by atoms with E-state index in [-0.39, 0.29) is 47.2 Å². The van der Waals surface area contributed by atoms with Crippen molar-refractivity contribution in [3.05, 3.63) is 29.3 Å². The number of nitrogen functional groups attached to an aromatic ring is 2. The number of hydrogen-bond acceptors (Lipinski definition) is 17. The van der Waals surface area contributed by atoms with Gasteiger partial charge in [-0.25, -0.2) is 33.5 Å². The van der Waals surface area contributed by atoms with Crippen molar-refractivity contribution < 1.29 is 50.9 Å². The Morgan fingerprint density at radius 1 is 1.06 bits per heavy atom. The second-order valence-corrected chi connectivity index (χ2v) is 11.9. The van der Waals surface area contributed by atoms with E-state index in [4.69, 9.17) is 51.8 Å². The number of halogens is 1. The Morgan fingerprint density at radius 2 is 1.77 bits per heavy atom. The van der Waals surface area contributed by atoms with Gasteiger partial charge in [-0.3, -0.25) is 32.5 Å². The maximum atomic E-state index is 16.0. The Labute approximate surface area is 265 Å². The SMILES string of the molecule is [B]COCC1OC(n2cnc3c(N)ncnc32)C(F)C1OP(=O)(O)OCC1OC(n2cnc3c(=O)[nH]c(N)nc32)C(OP=O)C1OC. The van der Waals surface area contributed by atoms with E-state index in [0.29, 0.717) is 0 Å². The number of methoxy groups -OCH3 is 1. The molecule has 2 fully saturated rings. The molecule has 6 N–H and O–H groups in total. The van der Waals surface area contributed by atoms with E-state index in [9.17, 15) is 18.8 Å². The minimum absolute atomic E-state index is 0.00957. The van der Waals surface area contributed by atoms with Crippen LogP contribution in [0.4, 0.5) is 16.2 Å². The zero-order valence-electron chi connectivity index (χ0n) is 24.1. The van der Waals surface area contributed by atoms with Crippen LogP contribution in [-0.4, -0.2) is 115 Å². The molecule has 9 atom stereocenters. The summed E-state index contributed by atoms with van der Waals surface area (Å²) in [5.41, 5.74) is 11.2. The highest BCUT2D eigenvalue weighted by molar-refractivity contribution is 7.47. The molecule has 6 heterocycles. The molecule has 0 aliphatic carbocycles. The molecule has 0 spiro atoms. The van der Waals surface area contributed by atoms with E-state index >= 15 is 4.39 Å². The second-order valence-electron chi connectivity index (χ2n) is 10.1. The largest absolute Gasteiger partial charge is 0.472 e. The van der Waals surface area contributed by atoms with Gasteiger partial charge >= 0.3 is 16.5 Å². The lowest BCUT2D eigenvalue weighted by atomic mass is 10.1. The molecule has 47 heavy (non-hydrogen) atoms. The van der Waals surface area contributed by atoms with Crippen LogP contribution in [-0.2, 0) is 41.6 Å². The van der Waals surface area contributed by atoms with Crippen LogP contribution >= 0.6 is 16.5 Å². The Kier molecular flexibility index (Phi) is 9.63. The third-order valence-electron chi connectivity index (χ3n) is 7.43. The Bertz CT molecular complexity index is 1870. The standard InChI is InChI=1S/C22H26BFN10O11P2/c1-39-14-9(43-21(15(14)44-46-36)34-7-30-12-18(34)31-22(26)32-19(12)35)3-41-47(37,38)45-13-8(2-40-4-23)42-20(10(13)24)33-6-29-11-16(25)27-5-28-17(11)33/h5-10,13-15,20-21H,2-4H2,1H3,(H,37,38)(H2,25,27,28)(H3,26,31,32,35). The molecule has 4 aromatic rings. The number of hydrogen-bond donors (Lipinski definition) is 4. The van der Waals surface area contributed by atoms with Crippen LogP contribution in [0.5, 0.6) is 0 Å². The third kappa shape index (κ3) is 6.39. The number of aromatic nitrogens is 8. The number of aromatic amines is 1. The molecule has 2 aliphatic heterocycles. The highest BCUT2D eigenvalue weighted by atomic mass is 31.2. The minimum atomic E-state index is -5.08. The highest BCUT2D eigenvalue weighted by Gasteiger charge is 2.52. The highest BCUT2D eigenvalue weighted by Crippen LogP contribution is 2.50. The number of nitrogens with zero attached hydrogens (tertiary/aromatic N) is 7. The first kappa shape index (κ1) is 33.4. The normalized spacial score (nSPS) is 29.3. The third-order valence-corrected chi connectivity index (χ3v) is 8.75. The molecule has 0 aromatic carbocycles. The van der Waals surface area contributed by atoms with E-state index in [1.54, 1.807) is 0 Å². The van der Waals surface area contributed by atoms with Crippen molar-refractivity contribution >= 4 is 58.4 Å². The Hall–Kier alpha value is -3.50. The van der Waals surface area contributed by atoms with Gasteiger partial charge < -0.3 is 35.3 Å². The fourth-order valence-electron chi connectivity index (χ4n) is 5.41. The predicted octanol–water partition coefficient (Wildman–Crippen LogP) is -0.491. The second kappa shape index (κ2) is 13.6. The number of nitrogens with one attached hydrogen (secondary N) is 1. The molecule has 0 amide bonds. The molecule has 2 aliphatic rings. The minimum Gasteiger partial charge on any atom is -0.388 e. The van der Waals surface area contributed by atoms with Crippen LogP contribution in [0.3, 0.4) is 0 Å². The van der Waals surface area contributed by atoms with Crippen LogP contribution in [0.1, 0.15) is 12.5 Å². The summed E-state index contributed by atoms with van der Waals surface area (Å²) in [5.74, 6) is -0.157. The van der Waals surface area contributed by atoms with Crippen molar-refractivity contribution in [2.75, 3.05) is 38.3 Å². The predicted molar refractivity (Wildman–Crippen MR) is 156 cm³/mol. The van der Waals surface area contributed by atoms with Crippen LogP contribution < -0.4 is 17.0 Å². The first-order valence-electron chi connectivity index (χ1n) is 13.6. The van der Waals surface area contributed by atoms with Gasteiger partial charge in [0.15, 0.2) is 41.3 Å². The lowest BCUT2D eigenvalue weighted by molar-refractivity contribution is -0.0648. The molecule has 0 saturated carbocycles. The van der Waals surface area contributed by atoms with E-state index < -0.39 is 77.8 Å². The van der Waals surface area contributed by atoms with Gasteiger partial charge in [-0.1, -0.05) is 0 Å². The molecular formula is C22H26BFN10O11P2. The summed E-state index contributed by atoms with van der Waals surface area (Å²) in [5, 5.41) is 0. The Morgan fingerprint density at radius 3 is 2.49 bits per heavy atom. The number of fused-ring (bicyclic) bond motifs is 2.